The van der Waals surface area contributed by atoms with Crippen LogP contribution in [0.4, 0.5) is 8.78 Å². The highest BCUT2D eigenvalue weighted by Crippen LogP contribution is 2.39. The van der Waals surface area contributed by atoms with E-state index in [9.17, 15) is 13.9 Å². The molecule has 0 bridgehead atoms. The van der Waals surface area contributed by atoms with Crippen LogP contribution < -0.4 is 4.74 Å². The molecular formula is C28H24F2N4O3. The van der Waals surface area contributed by atoms with Crippen molar-refractivity contribution in [3.05, 3.63) is 89.2 Å². The topological polar surface area (TPSA) is 86.2 Å². The molecule has 9 heteroatoms. The van der Waals surface area contributed by atoms with E-state index >= 15 is 0 Å². The van der Waals surface area contributed by atoms with Gasteiger partial charge in [0.1, 0.15) is 11.5 Å². The molecule has 0 saturated carbocycles. The lowest BCUT2D eigenvalue weighted by Crippen LogP contribution is -2.00. The summed E-state index contributed by atoms with van der Waals surface area (Å²) >= 11 is 0. The SMILES string of the molecule is COc1ncc(-c2oc(C)nc2-c2cc(-c3cc(C)c(CO)c(F)c3)ccc2-n2ccc(C)n2)cc1F. The van der Waals surface area contributed by atoms with Gasteiger partial charge in [-0.05, 0) is 60.9 Å². The maximum absolute atomic E-state index is 14.7. The van der Waals surface area contributed by atoms with E-state index in [4.69, 9.17) is 9.15 Å². The minimum Gasteiger partial charge on any atom is -0.479 e. The standard InChI is InChI=1S/C28H24F2N4O3/c1-15-9-19(11-23(29)22(15)14-35)18-5-6-25(34-8-7-16(2)33-34)21(10-18)26-27(37-17(3)32-26)20-12-24(30)28(36-4)31-13-20/h5-13,35H,14H2,1-4H3. The number of rotatable bonds is 6. The summed E-state index contributed by atoms with van der Waals surface area (Å²) in [6.45, 7) is 4.96. The molecule has 2 aromatic carbocycles. The zero-order valence-corrected chi connectivity index (χ0v) is 20.7. The average molecular weight is 503 g/mol. The number of aromatic nitrogens is 4. The highest BCUT2D eigenvalue weighted by molar-refractivity contribution is 5.85. The maximum Gasteiger partial charge on any atom is 0.250 e. The first-order chi connectivity index (χ1) is 17.8. The molecule has 0 spiro atoms. The van der Waals surface area contributed by atoms with Crippen LogP contribution >= 0.6 is 0 Å². The van der Waals surface area contributed by atoms with Gasteiger partial charge in [0.05, 0.1) is 25.1 Å². The minimum atomic E-state index is -0.633. The van der Waals surface area contributed by atoms with E-state index in [0.29, 0.717) is 45.3 Å². The van der Waals surface area contributed by atoms with Crippen LogP contribution in [0.5, 0.6) is 5.88 Å². The summed E-state index contributed by atoms with van der Waals surface area (Å²) in [5, 5.41) is 14.1. The summed E-state index contributed by atoms with van der Waals surface area (Å²) in [7, 11) is 1.34. The Morgan fingerprint density at radius 3 is 2.41 bits per heavy atom. The summed E-state index contributed by atoms with van der Waals surface area (Å²) in [4.78, 5) is 8.66. The monoisotopic (exact) mass is 502 g/mol. The van der Waals surface area contributed by atoms with E-state index in [1.54, 1.807) is 18.5 Å². The van der Waals surface area contributed by atoms with Crippen LogP contribution in [0.3, 0.4) is 0 Å². The Labute approximate surface area is 212 Å². The molecule has 1 N–H and O–H groups in total. The van der Waals surface area contributed by atoms with Crippen LogP contribution in [0.2, 0.25) is 0 Å². The van der Waals surface area contributed by atoms with Crippen LogP contribution in [0, 0.1) is 32.4 Å². The second kappa shape index (κ2) is 9.59. The van der Waals surface area contributed by atoms with Gasteiger partial charge in [-0.1, -0.05) is 12.1 Å². The fourth-order valence-electron chi connectivity index (χ4n) is 4.30. The number of methoxy groups -OCH3 is 1. The molecule has 0 fully saturated rings. The van der Waals surface area contributed by atoms with Crippen molar-refractivity contribution in [2.24, 2.45) is 0 Å². The smallest absolute Gasteiger partial charge is 0.250 e. The Morgan fingerprint density at radius 2 is 1.76 bits per heavy atom. The van der Waals surface area contributed by atoms with Crippen molar-refractivity contribution in [1.82, 2.24) is 19.7 Å². The van der Waals surface area contributed by atoms with Crippen LogP contribution in [0.15, 0.2) is 59.3 Å². The minimum absolute atomic E-state index is 0.125. The second-order valence-electron chi connectivity index (χ2n) is 8.67. The zero-order valence-electron chi connectivity index (χ0n) is 20.7. The molecule has 0 aliphatic heterocycles. The Bertz CT molecular complexity index is 1600. The Kier molecular flexibility index (Phi) is 6.31. The van der Waals surface area contributed by atoms with E-state index < -0.39 is 11.6 Å². The van der Waals surface area contributed by atoms with Gasteiger partial charge in [0, 0.05) is 36.0 Å². The van der Waals surface area contributed by atoms with E-state index in [0.717, 1.165) is 11.3 Å². The van der Waals surface area contributed by atoms with Crippen LogP contribution in [-0.2, 0) is 6.61 Å². The van der Waals surface area contributed by atoms with E-state index in [1.165, 1.54) is 25.4 Å². The van der Waals surface area contributed by atoms with Gasteiger partial charge in [-0.15, -0.1) is 0 Å². The van der Waals surface area contributed by atoms with Crippen molar-refractivity contribution in [3.8, 4) is 45.3 Å². The molecule has 5 rings (SSSR count). The number of nitrogens with zero attached hydrogens (tertiary/aromatic N) is 4. The number of ether oxygens (including phenoxy) is 1. The molecule has 0 unspecified atom stereocenters. The number of aliphatic hydroxyl groups excluding tert-OH is 1. The molecule has 188 valence electrons. The number of pyridine rings is 1. The predicted molar refractivity (Wildman–Crippen MR) is 134 cm³/mol. The molecule has 7 nitrogen and oxygen atoms in total. The molecule has 3 aromatic heterocycles. The van der Waals surface area contributed by atoms with Gasteiger partial charge in [-0.3, -0.25) is 0 Å². The normalized spacial score (nSPS) is 11.2. The van der Waals surface area contributed by atoms with Crippen molar-refractivity contribution >= 4 is 0 Å². The second-order valence-corrected chi connectivity index (χ2v) is 8.67. The van der Waals surface area contributed by atoms with E-state index in [1.807, 2.05) is 43.5 Å². The molecule has 0 amide bonds. The fraction of sp³-hybridized carbons (Fsp3) is 0.179. The number of aryl methyl sites for hydroxylation is 3. The Hall–Kier alpha value is -4.37. The Balaban J connectivity index is 1.74. The average Bonchev–Trinajstić information content (AvgIpc) is 3.48. The molecule has 0 aliphatic rings. The summed E-state index contributed by atoms with van der Waals surface area (Å²) in [6.07, 6.45) is 3.29. The molecule has 0 saturated heterocycles. The van der Waals surface area contributed by atoms with Crippen molar-refractivity contribution in [3.63, 3.8) is 0 Å². The lowest BCUT2D eigenvalue weighted by atomic mass is 9.96. The molecule has 0 aliphatic carbocycles. The molecule has 0 radical (unpaired) electrons. The number of oxazole rings is 1. The third-order valence-electron chi connectivity index (χ3n) is 6.13. The quantitative estimate of drug-likeness (QED) is 0.308. The number of benzene rings is 2. The van der Waals surface area contributed by atoms with Crippen LogP contribution in [-0.4, -0.2) is 32.0 Å². The Morgan fingerprint density at radius 1 is 0.973 bits per heavy atom. The van der Waals surface area contributed by atoms with Gasteiger partial charge in [0.25, 0.3) is 0 Å². The fourth-order valence-corrected chi connectivity index (χ4v) is 4.30. The molecule has 0 atom stereocenters. The molecular weight excluding hydrogens is 478 g/mol. The molecule has 3 heterocycles. The van der Waals surface area contributed by atoms with E-state index in [-0.39, 0.29) is 18.1 Å². The van der Waals surface area contributed by atoms with Gasteiger partial charge in [0.2, 0.25) is 5.88 Å². The zero-order chi connectivity index (χ0) is 26.3. The largest absolute Gasteiger partial charge is 0.479 e. The van der Waals surface area contributed by atoms with Gasteiger partial charge < -0.3 is 14.3 Å². The highest BCUT2D eigenvalue weighted by Gasteiger charge is 2.22. The third kappa shape index (κ3) is 4.49. The molecule has 5 aromatic rings. The highest BCUT2D eigenvalue weighted by atomic mass is 19.1. The number of aliphatic hydroxyl groups is 1. The van der Waals surface area contributed by atoms with E-state index in [2.05, 4.69) is 15.1 Å². The molecule has 37 heavy (non-hydrogen) atoms. The summed E-state index contributed by atoms with van der Waals surface area (Å²) in [6, 6.07) is 12.0. The first kappa shape index (κ1) is 24.3. The van der Waals surface area contributed by atoms with Crippen molar-refractivity contribution in [1.29, 1.82) is 0 Å². The lowest BCUT2D eigenvalue weighted by Gasteiger charge is -2.14. The first-order valence-electron chi connectivity index (χ1n) is 11.5. The van der Waals surface area contributed by atoms with Crippen LogP contribution in [0.25, 0.3) is 39.4 Å². The summed E-state index contributed by atoms with van der Waals surface area (Å²) in [5.74, 6) is -0.537. The third-order valence-corrected chi connectivity index (χ3v) is 6.13. The maximum atomic E-state index is 14.7. The number of halogens is 2. The summed E-state index contributed by atoms with van der Waals surface area (Å²) < 4.78 is 41.8. The van der Waals surface area contributed by atoms with Crippen LogP contribution in [0.1, 0.15) is 22.7 Å². The van der Waals surface area contributed by atoms with Gasteiger partial charge in [-0.25, -0.2) is 23.4 Å². The van der Waals surface area contributed by atoms with Gasteiger partial charge in [-0.2, -0.15) is 5.10 Å². The van der Waals surface area contributed by atoms with Crippen molar-refractivity contribution < 1.29 is 23.0 Å². The predicted octanol–water partition coefficient (Wildman–Crippen LogP) is 5.96. The van der Waals surface area contributed by atoms with Crippen molar-refractivity contribution in [2.75, 3.05) is 7.11 Å². The number of hydrogen-bond donors (Lipinski definition) is 1. The van der Waals surface area contributed by atoms with Gasteiger partial charge in [0.15, 0.2) is 17.5 Å². The van der Waals surface area contributed by atoms with Gasteiger partial charge >= 0.3 is 0 Å². The van der Waals surface area contributed by atoms with Crippen molar-refractivity contribution in [2.45, 2.75) is 27.4 Å². The lowest BCUT2D eigenvalue weighted by molar-refractivity contribution is 0.275. The first-order valence-corrected chi connectivity index (χ1v) is 11.5. The summed E-state index contributed by atoms with van der Waals surface area (Å²) in [5.41, 5.74) is 5.28. The number of hydrogen-bond acceptors (Lipinski definition) is 6.